The molecule has 0 amide bonds. The van der Waals surface area contributed by atoms with Gasteiger partial charge in [-0.25, -0.2) is 0 Å². The van der Waals surface area contributed by atoms with Gasteiger partial charge in [0.15, 0.2) is 12.6 Å². The third-order valence-electron chi connectivity index (χ3n) is 6.40. The number of hydrogen-bond donors (Lipinski definition) is 0. The van der Waals surface area contributed by atoms with Crippen molar-refractivity contribution in [2.45, 2.75) is 65.0 Å². The van der Waals surface area contributed by atoms with Crippen LogP contribution in [0.4, 0.5) is 8.78 Å². The molecular formula is C21H34F2O4. The Bertz CT molecular complexity index is 459. The molecule has 27 heavy (non-hydrogen) atoms. The highest BCUT2D eigenvalue weighted by molar-refractivity contribution is 4.91. The molecule has 3 fully saturated rings. The zero-order valence-electron chi connectivity index (χ0n) is 16.6. The van der Waals surface area contributed by atoms with E-state index in [0.29, 0.717) is 31.0 Å². The highest BCUT2D eigenvalue weighted by Crippen LogP contribution is 2.36. The van der Waals surface area contributed by atoms with Gasteiger partial charge in [0, 0.05) is 11.8 Å². The van der Waals surface area contributed by atoms with E-state index in [2.05, 4.69) is 13.8 Å². The summed E-state index contributed by atoms with van der Waals surface area (Å²) in [5.41, 5.74) is 0. The Hall–Kier alpha value is -0.560. The average molecular weight is 388 g/mol. The van der Waals surface area contributed by atoms with Crippen LogP contribution in [0.1, 0.15) is 52.4 Å². The minimum Gasteiger partial charge on any atom is -0.352 e. The van der Waals surface area contributed by atoms with Crippen molar-refractivity contribution in [2.24, 2.45) is 29.6 Å². The molecule has 2 aliphatic heterocycles. The molecular weight excluding hydrogens is 354 g/mol. The fourth-order valence-electron chi connectivity index (χ4n) is 4.55. The summed E-state index contributed by atoms with van der Waals surface area (Å²) in [5, 5.41) is 0. The van der Waals surface area contributed by atoms with Crippen molar-refractivity contribution < 1.29 is 27.7 Å². The van der Waals surface area contributed by atoms with Crippen molar-refractivity contribution in [3.05, 3.63) is 12.2 Å². The van der Waals surface area contributed by atoms with E-state index in [-0.39, 0.29) is 24.4 Å². The summed E-state index contributed by atoms with van der Waals surface area (Å²) >= 11 is 0. The average Bonchev–Trinajstić information content (AvgIpc) is 2.69. The zero-order chi connectivity index (χ0) is 19.2. The Kier molecular flexibility index (Phi) is 8.06. The molecule has 0 aromatic carbocycles. The van der Waals surface area contributed by atoms with Crippen molar-refractivity contribution in [1.29, 1.82) is 0 Å². The van der Waals surface area contributed by atoms with Crippen LogP contribution in [-0.2, 0) is 18.9 Å². The zero-order valence-corrected chi connectivity index (χ0v) is 16.6. The SMILES string of the molecule is CCCC(C)C1COC(C2COC(C3CCC(C=C(F)F)CC3)OC2)OC1. The minimum absolute atomic E-state index is 0.00493. The second-order valence-electron chi connectivity index (χ2n) is 8.49. The molecule has 0 bridgehead atoms. The first-order valence-corrected chi connectivity index (χ1v) is 10.6. The highest BCUT2D eigenvalue weighted by atomic mass is 19.3. The van der Waals surface area contributed by atoms with Crippen LogP contribution >= 0.6 is 0 Å². The van der Waals surface area contributed by atoms with Gasteiger partial charge in [-0.2, -0.15) is 8.78 Å². The summed E-state index contributed by atoms with van der Waals surface area (Å²) in [4.78, 5) is 0. The van der Waals surface area contributed by atoms with E-state index in [0.717, 1.165) is 45.0 Å². The number of ether oxygens (including phenoxy) is 4. The predicted octanol–water partition coefficient (Wildman–Crippen LogP) is 4.99. The summed E-state index contributed by atoms with van der Waals surface area (Å²) < 4.78 is 48.6. The van der Waals surface area contributed by atoms with Crippen LogP contribution in [0, 0.1) is 29.6 Å². The van der Waals surface area contributed by atoms with E-state index in [9.17, 15) is 8.78 Å². The minimum atomic E-state index is -1.56. The molecule has 2 saturated heterocycles. The van der Waals surface area contributed by atoms with Crippen LogP contribution in [0.3, 0.4) is 0 Å². The van der Waals surface area contributed by atoms with Crippen LogP contribution in [0.25, 0.3) is 0 Å². The molecule has 1 aliphatic carbocycles. The fourth-order valence-corrected chi connectivity index (χ4v) is 4.55. The topological polar surface area (TPSA) is 36.9 Å². The monoisotopic (exact) mass is 388 g/mol. The first-order valence-electron chi connectivity index (χ1n) is 10.6. The molecule has 4 nitrogen and oxygen atoms in total. The van der Waals surface area contributed by atoms with Crippen molar-refractivity contribution in [1.82, 2.24) is 0 Å². The second kappa shape index (κ2) is 10.3. The molecule has 0 radical (unpaired) electrons. The van der Waals surface area contributed by atoms with Crippen LogP contribution in [0.2, 0.25) is 0 Å². The van der Waals surface area contributed by atoms with Gasteiger partial charge in [-0.15, -0.1) is 0 Å². The molecule has 0 spiro atoms. The Morgan fingerprint density at radius 3 is 2.00 bits per heavy atom. The van der Waals surface area contributed by atoms with Gasteiger partial charge in [-0.05, 0) is 43.6 Å². The number of rotatable bonds is 6. The van der Waals surface area contributed by atoms with E-state index >= 15 is 0 Å². The lowest BCUT2D eigenvalue weighted by molar-refractivity contribution is -0.293. The Labute approximate surface area is 161 Å². The van der Waals surface area contributed by atoms with E-state index in [1.165, 1.54) is 12.8 Å². The predicted molar refractivity (Wildman–Crippen MR) is 98.2 cm³/mol. The van der Waals surface area contributed by atoms with Gasteiger partial charge in [0.1, 0.15) is 0 Å². The normalized spacial score (nSPS) is 39.0. The van der Waals surface area contributed by atoms with Gasteiger partial charge in [0.05, 0.1) is 32.3 Å². The lowest BCUT2D eigenvalue weighted by atomic mass is 9.81. The van der Waals surface area contributed by atoms with Crippen LogP contribution < -0.4 is 0 Å². The molecule has 0 aromatic heterocycles. The summed E-state index contributed by atoms with van der Waals surface area (Å²) in [5.74, 6) is 1.48. The molecule has 3 rings (SSSR count). The van der Waals surface area contributed by atoms with E-state index in [1.54, 1.807) is 0 Å². The Balaban J connectivity index is 1.37. The maximum Gasteiger partial charge on any atom is 0.266 e. The maximum absolute atomic E-state index is 12.4. The smallest absolute Gasteiger partial charge is 0.266 e. The lowest BCUT2D eigenvalue weighted by Gasteiger charge is -2.41. The summed E-state index contributed by atoms with van der Waals surface area (Å²) in [6, 6.07) is 0. The number of halogens is 2. The van der Waals surface area contributed by atoms with Crippen molar-refractivity contribution in [2.75, 3.05) is 26.4 Å². The molecule has 1 unspecified atom stereocenters. The Morgan fingerprint density at radius 1 is 0.889 bits per heavy atom. The third kappa shape index (κ3) is 5.96. The molecule has 3 aliphatic rings. The first kappa shape index (κ1) is 21.2. The third-order valence-corrected chi connectivity index (χ3v) is 6.40. The summed E-state index contributed by atoms with van der Waals surface area (Å²) in [6.07, 6.45) is 4.76. The number of hydrogen-bond acceptors (Lipinski definition) is 4. The molecule has 1 saturated carbocycles. The molecule has 6 heteroatoms. The van der Waals surface area contributed by atoms with Crippen LogP contribution in [-0.4, -0.2) is 39.0 Å². The van der Waals surface area contributed by atoms with Gasteiger partial charge >= 0.3 is 0 Å². The van der Waals surface area contributed by atoms with Crippen molar-refractivity contribution >= 4 is 0 Å². The standard InChI is InChI=1S/C21H34F2O4/c1-3-4-14(2)17-10-24-21(25-11-17)18-12-26-20(27-13-18)16-7-5-15(6-8-16)9-19(22)23/h9,14-18,20-21H,3-8,10-13H2,1-2H3. The highest BCUT2D eigenvalue weighted by Gasteiger charge is 2.37. The lowest BCUT2D eigenvalue weighted by Crippen LogP contribution is -2.47. The largest absolute Gasteiger partial charge is 0.352 e. The van der Waals surface area contributed by atoms with Gasteiger partial charge in [-0.3, -0.25) is 0 Å². The molecule has 1 atom stereocenters. The Morgan fingerprint density at radius 2 is 1.44 bits per heavy atom. The van der Waals surface area contributed by atoms with Crippen molar-refractivity contribution in [3.8, 4) is 0 Å². The van der Waals surface area contributed by atoms with Crippen molar-refractivity contribution in [3.63, 3.8) is 0 Å². The summed E-state index contributed by atoms with van der Waals surface area (Å²) in [7, 11) is 0. The molecule has 0 aromatic rings. The summed E-state index contributed by atoms with van der Waals surface area (Å²) in [6.45, 7) is 7.11. The van der Waals surface area contributed by atoms with Gasteiger partial charge in [0.2, 0.25) is 0 Å². The van der Waals surface area contributed by atoms with Crippen LogP contribution in [0.5, 0.6) is 0 Å². The maximum atomic E-state index is 12.4. The first-order chi connectivity index (χ1) is 13.1. The van der Waals surface area contributed by atoms with Crippen LogP contribution in [0.15, 0.2) is 12.2 Å². The van der Waals surface area contributed by atoms with E-state index in [1.807, 2.05) is 0 Å². The van der Waals surface area contributed by atoms with E-state index in [4.69, 9.17) is 18.9 Å². The van der Waals surface area contributed by atoms with Gasteiger partial charge < -0.3 is 18.9 Å². The van der Waals surface area contributed by atoms with Gasteiger partial charge in [-0.1, -0.05) is 26.7 Å². The number of allylic oxidation sites excluding steroid dienone is 1. The second-order valence-corrected chi connectivity index (χ2v) is 8.49. The fraction of sp³-hybridized carbons (Fsp3) is 0.905. The van der Waals surface area contributed by atoms with Gasteiger partial charge in [0.25, 0.3) is 6.08 Å². The molecule has 2 heterocycles. The quantitative estimate of drug-likeness (QED) is 0.643. The van der Waals surface area contributed by atoms with E-state index < -0.39 is 6.08 Å². The molecule has 156 valence electrons. The molecule has 0 N–H and O–H groups in total.